The summed E-state index contributed by atoms with van der Waals surface area (Å²) >= 11 is 3.30. The first kappa shape index (κ1) is 16.5. The van der Waals surface area contributed by atoms with Gasteiger partial charge in [0.15, 0.2) is 0 Å². The third-order valence-corrected chi connectivity index (χ3v) is 5.64. The van der Waals surface area contributed by atoms with Gasteiger partial charge in [0.2, 0.25) is 10.0 Å². The first-order valence-electron chi connectivity index (χ1n) is 6.75. The monoisotopic (exact) mass is 374 g/mol. The van der Waals surface area contributed by atoms with Gasteiger partial charge in [-0.2, -0.15) is 0 Å². The third-order valence-electron chi connectivity index (χ3n) is 3.92. The lowest BCUT2D eigenvalue weighted by atomic mass is 10.1. The number of halogens is 1. The van der Waals surface area contributed by atoms with Crippen LogP contribution in [0.3, 0.4) is 0 Å². The van der Waals surface area contributed by atoms with Crippen molar-refractivity contribution < 1.29 is 13.2 Å². The molecule has 0 saturated carbocycles. The van der Waals surface area contributed by atoms with Crippen LogP contribution in [0.5, 0.6) is 0 Å². The van der Waals surface area contributed by atoms with E-state index in [-0.39, 0.29) is 16.8 Å². The minimum Gasteiger partial charge on any atom is -0.336 e. The van der Waals surface area contributed by atoms with E-state index in [9.17, 15) is 13.2 Å². The lowest BCUT2D eigenvalue weighted by Crippen LogP contribution is -2.34. The summed E-state index contributed by atoms with van der Waals surface area (Å²) < 4.78 is 23.6. The van der Waals surface area contributed by atoms with Gasteiger partial charge in [0.1, 0.15) is 0 Å². The molecule has 5 nitrogen and oxygen atoms in total. The standard InChI is InChI=1S/C14H19BrN2O3S/c1-8-4-9(2)17(7-8)14(18)12-5-11(21(16,19)20)6-13(15)10(12)3/h5-6,8-9H,4,7H2,1-3H3,(H2,16,19,20). The zero-order valence-electron chi connectivity index (χ0n) is 12.3. The van der Waals surface area contributed by atoms with E-state index in [1.54, 1.807) is 11.8 Å². The van der Waals surface area contributed by atoms with Crippen LogP contribution in [0.1, 0.15) is 36.2 Å². The normalized spacial score (nSPS) is 22.6. The number of carbonyl (C=O) groups excluding carboxylic acids is 1. The van der Waals surface area contributed by atoms with Crippen molar-refractivity contribution in [2.45, 2.75) is 38.1 Å². The van der Waals surface area contributed by atoms with E-state index in [2.05, 4.69) is 22.9 Å². The quantitative estimate of drug-likeness (QED) is 0.861. The molecule has 0 spiro atoms. The van der Waals surface area contributed by atoms with E-state index in [1.807, 2.05) is 6.92 Å². The fourth-order valence-corrected chi connectivity index (χ4v) is 3.95. The molecule has 2 atom stereocenters. The Balaban J connectivity index is 2.48. The zero-order chi connectivity index (χ0) is 15.9. The van der Waals surface area contributed by atoms with Crippen molar-refractivity contribution in [3.05, 3.63) is 27.7 Å². The summed E-state index contributed by atoms with van der Waals surface area (Å²) in [6.07, 6.45) is 0.959. The number of hydrogen-bond donors (Lipinski definition) is 1. The molecule has 1 amide bonds. The van der Waals surface area contributed by atoms with Crippen LogP contribution in [0.4, 0.5) is 0 Å². The molecule has 0 aliphatic carbocycles. The molecule has 1 aromatic rings. The van der Waals surface area contributed by atoms with Crippen molar-refractivity contribution in [3.63, 3.8) is 0 Å². The van der Waals surface area contributed by atoms with Crippen LogP contribution in [0.15, 0.2) is 21.5 Å². The number of hydrogen-bond acceptors (Lipinski definition) is 3. The number of sulfonamides is 1. The van der Waals surface area contributed by atoms with Gasteiger partial charge in [-0.05, 0) is 43.9 Å². The molecule has 1 saturated heterocycles. The van der Waals surface area contributed by atoms with Gasteiger partial charge in [-0.1, -0.05) is 22.9 Å². The molecule has 0 bridgehead atoms. The van der Waals surface area contributed by atoms with Crippen molar-refractivity contribution in [1.29, 1.82) is 0 Å². The van der Waals surface area contributed by atoms with Crippen LogP contribution in [0.2, 0.25) is 0 Å². The molecule has 1 aliphatic heterocycles. The second-order valence-electron chi connectivity index (χ2n) is 5.77. The Morgan fingerprint density at radius 3 is 2.48 bits per heavy atom. The molecule has 1 aromatic carbocycles. The fourth-order valence-electron chi connectivity index (χ4n) is 2.78. The molecule has 1 aliphatic rings. The van der Waals surface area contributed by atoms with Crippen molar-refractivity contribution in [2.24, 2.45) is 11.1 Å². The highest BCUT2D eigenvalue weighted by molar-refractivity contribution is 9.10. The Morgan fingerprint density at radius 2 is 2.00 bits per heavy atom. The molecule has 2 unspecified atom stereocenters. The van der Waals surface area contributed by atoms with E-state index in [1.165, 1.54) is 12.1 Å². The number of benzene rings is 1. The summed E-state index contributed by atoms with van der Waals surface area (Å²) in [4.78, 5) is 14.5. The first-order chi connectivity index (χ1) is 9.61. The van der Waals surface area contributed by atoms with Gasteiger partial charge in [-0.3, -0.25) is 4.79 Å². The summed E-state index contributed by atoms with van der Waals surface area (Å²) in [5, 5.41) is 5.17. The maximum Gasteiger partial charge on any atom is 0.254 e. The largest absolute Gasteiger partial charge is 0.336 e. The smallest absolute Gasteiger partial charge is 0.254 e. The summed E-state index contributed by atoms with van der Waals surface area (Å²) in [6, 6.07) is 2.95. The van der Waals surface area contributed by atoms with Crippen LogP contribution < -0.4 is 5.14 Å². The second kappa shape index (κ2) is 5.70. The molecule has 2 rings (SSSR count). The minimum absolute atomic E-state index is 0.0526. The molecule has 1 fully saturated rings. The number of amides is 1. The highest BCUT2D eigenvalue weighted by Gasteiger charge is 2.32. The van der Waals surface area contributed by atoms with Crippen LogP contribution >= 0.6 is 15.9 Å². The summed E-state index contributed by atoms with van der Waals surface area (Å²) in [5.41, 5.74) is 1.11. The van der Waals surface area contributed by atoms with Crippen LogP contribution in [-0.4, -0.2) is 31.8 Å². The zero-order valence-corrected chi connectivity index (χ0v) is 14.7. The van der Waals surface area contributed by atoms with Gasteiger partial charge in [0.25, 0.3) is 5.91 Å². The molecule has 2 N–H and O–H groups in total. The second-order valence-corrected chi connectivity index (χ2v) is 8.19. The first-order valence-corrected chi connectivity index (χ1v) is 9.09. The Hall–Kier alpha value is -0.920. The van der Waals surface area contributed by atoms with Gasteiger partial charge in [-0.15, -0.1) is 0 Å². The summed E-state index contributed by atoms with van der Waals surface area (Å²) in [6.45, 7) is 6.59. The number of rotatable bonds is 2. The molecule has 21 heavy (non-hydrogen) atoms. The average molecular weight is 375 g/mol. The van der Waals surface area contributed by atoms with Gasteiger partial charge in [0, 0.05) is 22.6 Å². The number of primary sulfonamides is 1. The van der Waals surface area contributed by atoms with Gasteiger partial charge >= 0.3 is 0 Å². The predicted octanol–water partition coefficient (Wildman–Crippen LogP) is 2.28. The SMILES string of the molecule is Cc1c(Br)cc(S(N)(=O)=O)cc1C(=O)N1CC(C)CC1C. The van der Waals surface area contributed by atoms with Crippen LogP contribution in [0, 0.1) is 12.8 Å². The number of nitrogens with two attached hydrogens (primary N) is 1. The maximum atomic E-state index is 12.7. The predicted molar refractivity (Wildman–Crippen MR) is 84.5 cm³/mol. The fraction of sp³-hybridized carbons (Fsp3) is 0.500. The average Bonchev–Trinajstić information content (AvgIpc) is 2.69. The van der Waals surface area contributed by atoms with Crippen molar-refractivity contribution in [1.82, 2.24) is 4.90 Å². The Bertz CT molecular complexity index is 688. The third kappa shape index (κ3) is 3.30. The molecule has 7 heteroatoms. The molecule has 0 radical (unpaired) electrons. The number of carbonyl (C=O) groups is 1. The highest BCUT2D eigenvalue weighted by Crippen LogP contribution is 2.29. The molecular formula is C14H19BrN2O3S. The lowest BCUT2D eigenvalue weighted by molar-refractivity contribution is 0.0742. The van der Waals surface area contributed by atoms with E-state index >= 15 is 0 Å². The van der Waals surface area contributed by atoms with Gasteiger partial charge in [-0.25, -0.2) is 13.6 Å². The molecule has 0 aromatic heterocycles. The number of nitrogens with zero attached hydrogens (tertiary/aromatic N) is 1. The molecular weight excluding hydrogens is 356 g/mol. The minimum atomic E-state index is -3.85. The Kier molecular flexibility index (Phi) is 4.46. The van der Waals surface area contributed by atoms with E-state index < -0.39 is 10.0 Å². The van der Waals surface area contributed by atoms with Crippen LogP contribution in [-0.2, 0) is 10.0 Å². The van der Waals surface area contributed by atoms with E-state index in [4.69, 9.17) is 5.14 Å². The van der Waals surface area contributed by atoms with Crippen molar-refractivity contribution in [2.75, 3.05) is 6.54 Å². The Labute approximate surface area is 133 Å². The topological polar surface area (TPSA) is 80.5 Å². The van der Waals surface area contributed by atoms with E-state index in [0.717, 1.165) is 12.0 Å². The van der Waals surface area contributed by atoms with Gasteiger partial charge < -0.3 is 4.90 Å². The van der Waals surface area contributed by atoms with E-state index in [0.29, 0.717) is 22.5 Å². The maximum absolute atomic E-state index is 12.7. The highest BCUT2D eigenvalue weighted by atomic mass is 79.9. The van der Waals surface area contributed by atoms with Crippen LogP contribution in [0.25, 0.3) is 0 Å². The molecule has 1 heterocycles. The summed E-state index contributed by atoms with van der Waals surface area (Å²) in [7, 11) is -3.85. The van der Waals surface area contributed by atoms with Gasteiger partial charge in [0.05, 0.1) is 4.90 Å². The number of likely N-dealkylation sites (tertiary alicyclic amines) is 1. The lowest BCUT2D eigenvalue weighted by Gasteiger charge is -2.23. The summed E-state index contributed by atoms with van der Waals surface area (Å²) in [5.74, 6) is 0.310. The van der Waals surface area contributed by atoms with Crippen molar-refractivity contribution >= 4 is 31.9 Å². The molecule has 116 valence electrons. The van der Waals surface area contributed by atoms with Crippen molar-refractivity contribution in [3.8, 4) is 0 Å². The Morgan fingerprint density at radius 1 is 1.38 bits per heavy atom.